The van der Waals surface area contributed by atoms with Crippen molar-refractivity contribution in [2.24, 2.45) is 5.73 Å². The minimum absolute atomic E-state index is 0.497. The van der Waals surface area contributed by atoms with Gasteiger partial charge in [0.15, 0.2) is 0 Å². The van der Waals surface area contributed by atoms with Crippen LogP contribution in [0, 0.1) is 0 Å². The highest BCUT2D eigenvalue weighted by atomic mass is 15.4. The third-order valence-electron chi connectivity index (χ3n) is 2.57. The van der Waals surface area contributed by atoms with Gasteiger partial charge in [-0.2, -0.15) is 0 Å². The Balaban J connectivity index is 2.46. The quantitative estimate of drug-likeness (QED) is 0.678. The van der Waals surface area contributed by atoms with Crippen molar-refractivity contribution in [1.29, 1.82) is 0 Å². The molecule has 0 radical (unpaired) electrons. The van der Waals surface area contributed by atoms with Gasteiger partial charge in [0.2, 0.25) is 0 Å². The predicted octanol–water partition coefficient (Wildman–Crippen LogP) is 0.790. The van der Waals surface area contributed by atoms with Crippen molar-refractivity contribution in [3.8, 4) is 0 Å². The van der Waals surface area contributed by atoms with Crippen molar-refractivity contribution in [3.63, 3.8) is 0 Å². The first-order chi connectivity index (χ1) is 5.66. The Hall–Kier alpha value is -0.700. The Morgan fingerprint density at radius 2 is 2.25 bits per heavy atom. The van der Waals surface area contributed by atoms with Gasteiger partial charge in [-0.05, 0) is 26.8 Å². The topological polar surface area (TPSA) is 32.5 Å². The Bertz CT molecular complexity index is 177. The molecule has 0 amide bonds. The van der Waals surface area contributed by atoms with Crippen LogP contribution < -0.4 is 5.73 Å². The van der Waals surface area contributed by atoms with Crippen LogP contribution in [0.5, 0.6) is 0 Å². The number of hydrogen-bond donors (Lipinski definition) is 1. The molecule has 3 heteroatoms. The van der Waals surface area contributed by atoms with E-state index in [0.717, 1.165) is 19.5 Å². The van der Waals surface area contributed by atoms with Crippen LogP contribution in [0.15, 0.2) is 11.9 Å². The average Bonchev–Trinajstić information content (AvgIpc) is 2.30. The fraction of sp³-hybridized carbons (Fsp3) is 0.778. The molecule has 0 spiro atoms. The highest BCUT2D eigenvalue weighted by molar-refractivity contribution is 5.05. The second kappa shape index (κ2) is 3.81. The molecule has 0 aliphatic carbocycles. The lowest BCUT2D eigenvalue weighted by molar-refractivity contribution is 0.187. The van der Waals surface area contributed by atoms with Gasteiger partial charge in [-0.1, -0.05) is 0 Å². The standard InChI is InChI=1S/C9H19N3/c1-8-7-12(6-4-5-10)9(2)11(8)3/h7,9H,4-6,10H2,1-3H3. The maximum atomic E-state index is 5.46. The van der Waals surface area contributed by atoms with Gasteiger partial charge in [0.25, 0.3) is 0 Å². The lowest BCUT2D eigenvalue weighted by Gasteiger charge is -2.27. The summed E-state index contributed by atoms with van der Waals surface area (Å²) < 4.78 is 0. The zero-order valence-corrected chi connectivity index (χ0v) is 8.25. The first-order valence-electron chi connectivity index (χ1n) is 4.54. The summed E-state index contributed by atoms with van der Waals surface area (Å²) >= 11 is 0. The molecule has 1 aliphatic rings. The molecule has 2 N–H and O–H groups in total. The van der Waals surface area contributed by atoms with Crippen LogP contribution >= 0.6 is 0 Å². The van der Waals surface area contributed by atoms with Crippen molar-refractivity contribution in [2.75, 3.05) is 20.1 Å². The highest BCUT2D eigenvalue weighted by Crippen LogP contribution is 2.19. The fourth-order valence-corrected chi connectivity index (χ4v) is 1.48. The number of allylic oxidation sites excluding steroid dienone is 1. The Morgan fingerprint density at radius 3 is 2.67 bits per heavy atom. The molecule has 1 aliphatic heterocycles. The molecule has 1 unspecified atom stereocenters. The van der Waals surface area contributed by atoms with E-state index in [1.165, 1.54) is 5.70 Å². The highest BCUT2D eigenvalue weighted by Gasteiger charge is 2.21. The smallest absolute Gasteiger partial charge is 0.0977 e. The van der Waals surface area contributed by atoms with E-state index in [1.54, 1.807) is 0 Å². The van der Waals surface area contributed by atoms with Crippen molar-refractivity contribution < 1.29 is 0 Å². The largest absolute Gasteiger partial charge is 0.357 e. The molecule has 1 atom stereocenters. The number of rotatable bonds is 3. The average molecular weight is 169 g/mol. The second-order valence-corrected chi connectivity index (χ2v) is 3.39. The molecule has 0 aromatic heterocycles. The summed E-state index contributed by atoms with van der Waals surface area (Å²) in [5, 5.41) is 0. The zero-order chi connectivity index (χ0) is 9.14. The first-order valence-corrected chi connectivity index (χ1v) is 4.54. The van der Waals surface area contributed by atoms with Gasteiger partial charge in [-0.3, -0.25) is 0 Å². The summed E-state index contributed by atoms with van der Waals surface area (Å²) in [7, 11) is 2.12. The summed E-state index contributed by atoms with van der Waals surface area (Å²) in [4.78, 5) is 4.61. The number of nitrogens with two attached hydrogens (primary N) is 1. The molecular weight excluding hydrogens is 150 g/mol. The monoisotopic (exact) mass is 169 g/mol. The van der Waals surface area contributed by atoms with Gasteiger partial charge >= 0.3 is 0 Å². The molecule has 0 bridgehead atoms. The third-order valence-corrected chi connectivity index (χ3v) is 2.57. The molecule has 70 valence electrons. The van der Waals surface area contributed by atoms with Crippen LogP contribution in [-0.4, -0.2) is 36.1 Å². The maximum Gasteiger partial charge on any atom is 0.0977 e. The molecule has 0 aromatic carbocycles. The zero-order valence-electron chi connectivity index (χ0n) is 8.25. The minimum atomic E-state index is 0.497. The number of hydrogen-bond acceptors (Lipinski definition) is 3. The van der Waals surface area contributed by atoms with Crippen molar-refractivity contribution in [1.82, 2.24) is 9.80 Å². The van der Waals surface area contributed by atoms with Gasteiger partial charge < -0.3 is 15.5 Å². The molecule has 1 rings (SSSR count). The Morgan fingerprint density at radius 1 is 1.58 bits per heavy atom. The Kier molecular flexibility index (Phi) is 2.98. The summed E-state index contributed by atoms with van der Waals surface area (Å²) in [5.41, 5.74) is 6.79. The molecule has 1 heterocycles. The number of nitrogens with zero attached hydrogens (tertiary/aromatic N) is 2. The van der Waals surface area contributed by atoms with E-state index in [-0.39, 0.29) is 0 Å². The predicted molar refractivity (Wildman–Crippen MR) is 51.4 cm³/mol. The Labute approximate surface area is 74.8 Å². The van der Waals surface area contributed by atoms with Crippen LogP contribution in [0.1, 0.15) is 20.3 Å². The SMILES string of the molecule is CC1=CN(CCCN)C(C)N1C. The fourth-order valence-electron chi connectivity index (χ4n) is 1.48. The van der Waals surface area contributed by atoms with Crippen molar-refractivity contribution >= 4 is 0 Å². The molecule has 0 saturated heterocycles. The van der Waals surface area contributed by atoms with E-state index < -0.39 is 0 Å². The second-order valence-electron chi connectivity index (χ2n) is 3.39. The molecule has 0 saturated carbocycles. The van der Waals surface area contributed by atoms with Crippen LogP contribution in [0.4, 0.5) is 0 Å². The van der Waals surface area contributed by atoms with Gasteiger partial charge in [0, 0.05) is 25.5 Å². The normalized spacial score (nSPS) is 23.3. The molecule has 0 fully saturated rings. The summed E-state index contributed by atoms with van der Waals surface area (Å²) in [6.07, 6.45) is 3.78. The van der Waals surface area contributed by atoms with Crippen molar-refractivity contribution in [3.05, 3.63) is 11.9 Å². The van der Waals surface area contributed by atoms with Crippen LogP contribution in [0.25, 0.3) is 0 Å². The van der Waals surface area contributed by atoms with Crippen molar-refractivity contribution in [2.45, 2.75) is 26.4 Å². The molecule has 0 aromatic rings. The molecule has 3 nitrogen and oxygen atoms in total. The van der Waals surface area contributed by atoms with Gasteiger partial charge in [0.1, 0.15) is 0 Å². The van der Waals surface area contributed by atoms with Crippen LogP contribution in [0.2, 0.25) is 0 Å². The van der Waals surface area contributed by atoms with E-state index in [4.69, 9.17) is 5.73 Å². The summed E-state index contributed by atoms with van der Waals surface area (Å²) in [6, 6.07) is 0. The van der Waals surface area contributed by atoms with E-state index in [9.17, 15) is 0 Å². The molecule has 12 heavy (non-hydrogen) atoms. The van der Waals surface area contributed by atoms with E-state index in [2.05, 4.69) is 36.9 Å². The van der Waals surface area contributed by atoms with E-state index in [1.807, 2.05) is 0 Å². The third kappa shape index (κ3) is 1.72. The van der Waals surface area contributed by atoms with Gasteiger partial charge in [0.05, 0.1) is 6.17 Å². The molecular formula is C9H19N3. The van der Waals surface area contributed by atoms with Gasteiger partial charge in [-0.15, -0.1) is 0 Å². The van der Waals surface area contributed by atoms with E-state index in [0.29, 0.717) is 6.17 Å². The maximum absolute atomic E-state index is 5.46. The van der Waals surface area contributed by atoms with Crippen LogP contribution in [0.3, 0.4) is 0 Å². The lowest BCUT2D eigenvalue weighted by Crippen LogP contribution is -2.35. The minimum Gasteiger partial charge on any atom is -0.357 e. The first kappa shape index (κ1) is 9.39. The van der Waals surface area contributed by atoms with E-state index >= 15 is 0 Å². The summed E-state index contributed by atoms with van der Waals surface area (Å²) in [6.45, 7) is 6.20. The lowest BCUT2D eigenvalue weighted by atomic mass is 10.4. The van der Waals surface area contributed by atoms with Crippen LogP contribution in [-0.2, 0) is 0 Å². The van der Waals surface area contributed by atoms with Gasteiger partial charge in [-0.25, -0.2) is 0 Å². The summed E-state index contributed by atoms with van der Waals surface area (Å²) in [5.74, 6) is 0.